The van der Waals surface area contributed by atoms with E-state index in [1.54, 1.807) is 28.9 Å². The SMILES string of the molecule is Cc1cc(C(=O)O)ccc1-c1cc2c(N[C@H]3CC[C@H](NC(=O)OC(C)(C)C)CC3)c(C(N)=Nc3cc(F)ccc3Cl)cnn2c1. The summed E-state index contributed by atoms with van der Waals surface area (Å²) in [5.41, 5.74) is 10.8. The molecule has 2 heterocycles. The van der Waals surface area contributed by atoms with Crippen molar-refractivity contribution in [3.8, 4) is 11.1 Å². The number of aromatic carboxylic acids is 1. The number of halogens is 2. The van der Waals surface area contributed by atoms with Gasteiger partial charge in [0.15, 0.2) is 0 Å². The van der Waals surface area contributed by atoms with Crippen LogP contribution in [0.3, 0.4) is 0 Å². The Morgan fingerprint density at radius 2 is 1.82 bits per heavy atom. The molecule has 0 spiro atoms. The smallest absolute Gasteiger partial charge is 0.407 e. The molecule has 0 bridgehead atoms. The molecule has 2 aromatic carbocycles. The Hall–Kier alpha value is -4.64. The fraction of sp³-hybridized carbons (Fsp3) is 0.333. The van der Waals surface area contributed by atoms with Crippen LogP contribution in [0.2, 0.25) is 5.02 Å². The van der Waals surface area contributed by atoms with Crippen molar-refractivity contribution >= 4 is 46.4 Å². The highest BCUT2D eigenvalue weighted by atomic mass is 35.5. The van der Waals surface area contributed by atoms with Gasteiger partial charge in [0.1, 0.15) is 17.3 Å². The number of carbonyl (C=O) groups is 2. The lowest BCUT2D eigenvalue weighted by Crippen LogP contribution is -2.42. The van der Waals surface area contributed by atoms with E-state index in [4.69, 9.17) is 22.1 Å². The van der Waals surface area contributed by atoms with Crippen LogP contribution in [0.4, 0.5) is 20.6 Å². The maximum atomic E-state index is 14.0. The molecular formula is C33H36ClFN6O4. The molecule has 1 fully saturated rings. The fourth-order valence-corrected chi connectivity index (χ4v) is 5.65. The molecule has 0 atom stereocenters. The minimum absolute atomic E-state index is 0.00627. The maximum Gasteiger partial charge on any atom is 0.407 e. The number of fused-ring (bicyclic) bond motifs is 1. The highest BCUT2D eigenvalue weighted by Crippen LogP contribution is 2.34. The first-order chi connectivity index (χ1) is 21.3. The third-order valence-electron chi connectivity index (χ3n) is 7.64. The van der Waals surface area contributed by atoms with Crippen LogP contribution >= 0.6 is 11.6 Å². The van der Waals surface area contributed by atoms with E-state index in [1.165, 1.54) is 18.2 Å². The number of aryl methyl sites for hydroxylation is 1. The van der Waals surface area contributed by atoms with E-state index in [1.807, 2.05) is 40.0 Å². The summed E-state index contributed by atoms with van der Waals surface area (Å²) in [6, 6.07) is 10.9. The Balaban J connectivity index is 1.48. The third kappa shape index (κ3) is 7.54. The second kappa shape index (κ2) is 12.8. The molecule has 0 saturated heterocycles. The van der Waals surface area contributed by atoms with E-state index in [0.717, 1.165) is 47.9 Å². The third-order valence-corrected chi connectivity index (χ3v) is 7.96. The number of carboxylic acid groups (broad SMARTS) is 1. The number of nitrogens with one attached hydrogen (secondary N) is 2. The number of carbonyl (C=O) groups excluding carboxylic acids is 1. The van der Waals surface area contributed by atoms with Crippen molar-refractivity contribution in [1.29, 1.82) is 0 Å². The van der Waals surface area contributed by atoms with Crippen LogP contribution in [-0.4, -0.2) is 50.3 Å². The first kappa shape index (κ1) is 31.8. The number of carboxylic acids is 1. The maximum absolute atomic E-state index is 14.0. The zero-order valence-electron chi connectivity index (χ0n) is 25.5. The van der Waals surface area contributed by atoms with Crippen LogP contribution in [0.1, 0.15) is 67.9 Å². The highest BCUT2D eigenvalue weighted by Gasteiger charge is 2.26. The van der Waals surface area contributed by atoms with E-state index in [9.17, 15) is 19.1 Å². The molecule has 12 heteroatoms. The summed E-state index contributed by atoms with van der Waals surface area (Å²) in [4.78, 5) is 28.2. The first-order valence-electron chi connectivity index (χ1n) is 14.7. The normalized spacial score (nSPS) is 17.2. The number of amidine groups is 1. The van der Waals surface area contributed by atoms with E-state index in [2.05, 4.69) is 20.7 Å². The van der Waals surface area contributed by atoms with E-state index in [-0.39, 0.29) is 34.2 Å². The number of nitrogens with two attached hydrogens (primary N) is 1. The molecule has 10 nitrogen and oxygen atoms in total. The van der Waals surface area contributed by atoms with Crippen molar-refractivity contribution in [2.24, 2.45) is 10.7 Å². The summed E-state index contributed by atoms with van der Waals surface area (Å²) in [5.74, 6) is -1.38. The molecule has 1 saturated carbocycles. The number of hydrogen-bond donors (Lipinski definition) is 4. The summed E-state index contributed by atoms with van der Waals surface area (Å²) in [5, 5.41) is 20.9. The number of nitrogens with zero attached hydrogens (tertiary/aromatic N) is 3. The summed E-state index contributed by atoms with van der Waals surface area (Å²) >= 11 is 6.28. The minimum Gasteiger partial charge on any atom is -0.478 e. The van der Waals surface area contributed by atoms with Crippen molar-refractivity contribution in [3.05, 3.63) is 82.4 Å². The second-order valence-corrected chi connectivity index (χ2v) is 12.7. The lowest BCUT2D eigenvalue weighted by Gasteiger charge is -2.31. The Kier molecular flexibility index (Phi) is 9.01. The van der Waals surface area contributed by atoms with Crippen LogP contribution in [-0.2, 0) is 4.74 Å². The quantitative estimate of drug-likeness (QED) is 0.126. The van der Waals surface area contributed by atoms with Gasteiger partial charge in [-0.1, -0.05) is 17.7 Å². The predicted octanol–water partition coefficient (Wildman–Crippen LogP) is 7.09. The van der Waals surface area contributed by atoms with E-state index >= 15 is 0 Å². The van der Waals surface area contributed by atoms with Gasteiger partial charge in [-0.15, -0.1) is 0 Å². The predicted molar refractivity (Wildman–Crippen MR) is 173 cm³/mol. The first-order valence-corrected chi connectivity index (χ1v) is 15.1. The highest BCUT2D eigenvalue weighted by molar-refractivity contribution is 6.33. The number of rotatable bonds is 7. The van der Waals surface area contributed by atoms with Crippen LogP contribution < -0.4 is 16.4 Å². The number of aromatic nitrogens is 2. The van der Waals surface area contributed by atoms with Gasteiger partial charge >= 0.3 is 12.1 Å². The molecular weight excluding hydrogens is 599 g/mol. The van der Waals surface area contributed by atoms with E-state index < -0.39 is 23.5 Å². The summed E-state index contributed by atoms with van der Waals surface area (Å²) < 4.78 is 21.1. The number of benzene rings is 2. The van der Waals surface area contributed by atoms with Gasteiger partial charge in [-0.3, -0.25) is 0 Å². The van der Waals surface area contributed by atoms with Gasteiger partial charge in [-0.05, 0) is 94.8 Å². The summed E-state index contributed by atoms with van der Waals surface area (Å²) in [7, 11) is 0. The molecule has 0 unspecified atom stereocenters. The monoisotopic (exact) mass is 634 g/mol. The summed E-state index contributed by atoms with van der Waals surface area (Å²) in [6.45, 7) is 7.35. The molecule has 1 aliphatic carbocycles. The Morgan fingerprint density at radius 1 is 1.11 bits per heavy atom. The zero-order valence-corrected chi connectivity index (χ0v) is 26.3. The van der Waals surface area contributed by atoms with Crippen LogP contribution in [0.25, 0.3) is 16.6 Å². The van der Waals surface area contributed by atoms with Crippen molar-refractivity contribution in [3.63, 3.8) is 0 Å². The molecule has 5 N–H and O–H groups in total. The average Bonchev–Trinajstić information content (AvgIpc) is 3.39. The topological polar surface area (TPSA) is 143 Å². The molecule has 1 amide bonds. The second-order valence-electron chi connectivity index (χ2n) is 12.3. The Morgan fingerprint density at radius 3 is 2.49 bits per heavy atom. The van der Waals surface area contributed by atoms with E-state index in [0.29, 0.717) is 11.3 Å². The Labute approximate surface area is 265 Å². The van der Waals surface area contributed by atoms with Gasteiger partial charge in [-0.25, -0.2) is 23.5 Å². The number of aliphatic imine (C=N–C) groups is 1. The zero-order chi connectivity index (χ0) is 32.5. The number of hydrogen-bond acceptors (Lipinski definition) is 6. The van der Waals surface area contributed by atoms with Gasteiger partial charge in [-0.2, -0.15) is 5.10 Å². The lowest BCUT2D eigenvalue weighted by molar-refractivity contribution is 0.0491. The Bertz CT molecular complexity index is 1790. The molecule has 0 radical (unpaired) electrons. The van der Waals surface area contributed by atoms with Crippen LogP contribution in [0.5, 0.6) is 0 Å². The lowest BCUT2D eigenvalue weighted by atomic mass is 9.91. The average molecular weight is 635 g/mol. The van der Waals surface area contributed by atoms with Crippen LogP contribution in [0, 0.1) is 12.7 Å². The minimum atomic E-state index is -0.992. The number of ether oxygens (including phenoxy) is 1. The van der Waals surface area contributed by atoms with Gasteiger partial charge in [0.25, 0.3) is 0 Å². The molecule has 5 rings (SSSR count). The molecule has 0 aliphatic heterocycles. The standard InChI is InChI=1S/C33H36ClFN6O4/c1-18-13-19(31(42)43)5-11-24(18)20-14-28-29(38-22-7-9-23(10-8-22)39-32(44)45-33(2,3)4)25(16-37-41(28)17-20)30(36)40-27-15-21(35)6-12-26(27)34/h5-6,11-17,22-23,38H,7-10H2,1-4H3,(H2,36,40)(H,39,44)(H,42,43)/t22-,23-. The summed E-state index contributed by atoms with van der Waals surface area (Å²) in [6.07, 6.45) is 6.07. The molecule has 4 aromatic rings. The van der Waals surface area contributed by atoms with Crippen molar-refractivity contribution < 1.29 is 23.8 Å². The fourth-order valence-electron chi connectivity index (χ4n) is 5.49. The van der Waals surface area contributed by atoms with Crippen LogP contribution in [0.15, 0.2) is 59.9 Å². The largest absolute Gasteiger partial charge is 0.478 e. The number of alkyl carbamates (subject to hydrolysis) is 1. The molecule has 236 valence electrons. The van der Waals surface area contributed by atoms with Crippen molar-refractivity contribution in [2.45, 2.75) is 71.1 Å². The number of anilines is 1. The van der Waals surface area contributed by atoms with Crippen molar-refractivity contribution in [2.75, 3.05) is 5.32 Å². The van der Waals surface area contributed by atoms with Gasteiger partial charge in [0.05, 0.1) is 39.2 Å². The molecule has 1 aliphatic rings. The van der Waals surface area contributed by atoms with Gasteiger partial charge in [0.2, 0.25) is 0 Å². The van der Waals surface area contributed by atoms with Crippen molar-refractivity contribution in [1.82, 2.24) is 14.9 Å². The number of amides is 1. The van der Waals surface area contributed by atoms with Gasteiger partial charge in [0, 0.05) is 29.9 Å². The van der Waals surface area contributed by atoms with Gasteiger partial charge < -0.3 is 26.2 Å². The molecule has 2 aromatic heterocycles. The molecule has 45 heavy (non-hydrogen) atoms.